The molecule has 5 nitrogen and oxygen atoms in total. The highest BCUT2D eigenvalue weighted by Gasteiger charge is 2.23. The van der Waals surface area contributed by atoms with Crippen molar-refractivity contribution < 1.29 is 0 Å². The Kier molecular flexibility index (Phi) is 4.75. The third kappa shape index (κ3) is 3.43. The third-order valence-electron chi connectivity index (χ3n) is 5.63. The highest BCUT2D eigenvalue weighted by atomic mass is 15.3. The average molecular weight is 339 g/mol. The number of hydrogen-bond acceptors (Lipinski definition) is 5. The summed E-state index contributed by atoms with van der Waals surface area (Å²) in [5.74, 6) is 2.77. The van der Waals surface area contributed by atoms with E-state index in [-0.39, 0.29) is 0 Å². The number of para-hydroxylation sites is 1. The Balaban J connectivity index is 1.69. The van der Waals surface area contributed by atoms with Crippen LogP contribution in [0.15, 0.2) is 24.3 Å². The number of rotatable bonds is 3. The first-order valence-electron chi connectivity index (χ1n) is 9.73. The summed E-state index contributed by atoms with van der Waals surface area (Å²) in [5.41, 5.74) is 1.07. The summed E-state index contributed by atoms with van der Waals surface area (Å²) in [5, 5.41) is 1.19. The lowest BCUT2D eigenvalue weighted by Crippen LogP contribution is -2.47. The van der Waals surface area contributed by atoms with E-state index in [1.54, 1.807) is 0 Å². The fourth-order valence-corrected chi connectivity index (χ4v) is 4.08. The summed E-state index contributed by atoms with van der Waals surface area (Å²) < 4.78 is 0. The highest BCUT2D eigenvalue weighted by molar-refractivity contribution is 5.90. The van der Waals surface area contributed by atoms with E-state index in [2.05, 4.69) is 52.8 Å². The molecule has 0 saturated carbocycles. The molecule has 25 heavy (non-hydrogen) atoms. The molecule has 0 unspecified atom stereocenters. The Morgan fingerprint density at radius 1 is 1.00 bits per heavy atom. The minimum absolute atomic E-state index is 0.735. The number of aromatic nitrogens is 2. The lowest BCUT2D eigenvalue weighted by Gasteiger charge is -2.36. The van der Waals surface area contributed by atoms with Gasteiger partial charge in [-0.2, -0.15) is 4.98 Å². The largest absolute Gasteiger partial charge is 0.356 e. The van der Waals surface area contributed by atoms with Crippen LogP contribution in [0, 0.1) is 5.92 Å². The van der Waals surface area contributed by atoms with Crippen molar-refractivity contribution in [2.75, 3.05) is 55.6 Å². The van der Waals surface area contributed by atoms with Gasteiger partial charge in [-0.05, 0) is 37.4 Å². The van der Waals surface area contributed by atoms with Crippen molar-refractivity contribution >= 4 is 22.7 Å². The predicted molar refractivity (Wildman–Crippen MR) is 104 cm³/mol. The molecular weight excluding hydrogens is 310 g/mol. The van der Waals surface area contributed by atoms with Crippen molar-refractivity contribution in [3.8, 4) is 0 Å². The zero-order valence-corrected chi connectivity index (χ0v) is 15.5. The zero-order valence-electron chi connectivity index (χ0n) is 15.5. The second kappa shape index (κ2) is 7.16. The minimum Gasteiger partial charge on any atom is -0.356 e. The van der Waals surface area contributed by atoms with Gasteiger partial charge in [-0.1, -0.05) is 26.0 Å². The van der Waals surface area contributed by atoms with Gasteiger partial charge in [-0.15, -0.1) is 0 Å². The summed E-state index contributed by atoms with van der Waals surface area (Å²) >= 11 is 0. The monoisotopic (exact) mass is 339 g/mol. The zero-order chi connectivity index (χ0) is 17.2. The van der Waals surface area contributed by atoms with Crippen molar-refractivity contribution in [2.45, 2.75) is 26.7 Å². The summed E-state index contributed by atoms with van der Waals surface area (Å²) in [6.45, 7) is 12.1. The van der Waals surface area contributed by atoms with Crippen LogP contribution in [0.25, 0.3) is 10.9 Å². The van der Waals surface area contributed by atoms with E-state index >= 15 is 0 Å². The van der Waals surface area contributed by atoms with Crippen LogP contribution >= 0.6 is 0 Å². The van der Waals surface area contributed by atoms with Crippen molar-refractivity contribution in [1.29, 1.82) is 0 Å². The number of hydrogen-bond donors (Lipinski definition) is 0. The lowest BCUT2D eigenvalue weighted by molar-refractivity contribution is 0.270. The van der Waals surface area contributed by atoms with E-state index in [0.29, 0.717) is 0 Å². The average Bonchev–Trinajstić information content (AvgIpc) is 2.67. The fraction of sp³-hybridized carbons (Fsp3) is 0.600. The minimum atomic E-state index is 0.735. The fourth-order valence-electron chi connectivity index (χ4n) is 4.08. The van der Waals surface area contributed by atoms with E-state index in [1.165, 1.54) is 18.2 Å². The van der Waals surface area contributed by atoms with Gasteiger partial charge in [-0.3, -0.25) is 0 Å². The molecule has 0 radical (unpaired) electrons. The van der Waals surface area contributed by atoms with Crippen molar-refractivity contribution in [3.05, 3.63) is 24.3 Å². The maximum atomic E-state index is 5.06. The van der Waals surface area contributed by atoms with Crippen LogP contribution in [-0.2, 0) is 0 Å². The van der Waals surface area contributed by atoms with Gasteiger partial charge in [0.25, 0.3) is 0 Å². The van der Waals surface area contributed by atoms with Crippen molar-refractivity contribution in [2.24, 2.45) is 5.92 Å². The van der Waals surface area contributed by atoms with E-state index in [9.17, 15) is 0 Å². The van der Waals surface area contributed by atoms with E-state index in [1.807, 2.05) is 0 Å². The second-order valence-corrected chi connectivity index (χ2v) is 7.48. The molecule has 2 aliphatic rings. The molecular formula is C20H29N5. The Morgan fingerprint density at radius 2 is 1.80 bits per heavy atom. The first-order chi connectivity index (χ1) is 12.2. The molecule has 134 valence electrons. The molecule has 0 bridgehead atoms. The molecule has 0 aliphatic carbocycles. The predicted octanol–water partition coefficient (Wildman–Crippen LogP) is 3.01. The highest BCUT2D eigenvalue weighted by Crippen LogP contribution is 2.30. The number of nitrogens with zero attached hydrogens (tertiary/aromatic N) is 5. The van der Waals surface area contributed by atoms with Gasteiger partial charge in [0.2, 0.25) is 5.95 Å². The van der Waals surface area contributed by atoms with Crippen LogP contribution in [0.4, 0.5) is 11.8 Å². The maximum absolute atomic E-state index is 5.06. The number of piperidine rings is 1. The summed E-state index contributed by atoms with van der Waals surface area (Å²) in [4.78, 5) is 17.3. The van der Waals surface area contributed by atoms with Crippen LogP contribution in [-0.4, -0.2) is 60.7 Å². The Labute approximate surface area is 150 Å². The molecule has 1 atom stereocenters. The van der Waals surface area contributed by atoms with Gasteiger partial charge in [0.15, 0.2) is 0 Å². The quantitative estimate of drug-likeness (QED) is 0.859. The summed E-state index contributed by atoms with van der Waals surface area (Å²) in [6.07, 6.45) is 2.58. The molecule has 0 N–H and O–H groups in total. The van der Waals surface area contributed by atoms with E-state index in [4.69, 9.17) is 9.97 Å². The Hall–Kier alpha value is -1.88. The van der Waals surface area contributed by atoms with Crippen molar-refractivity contribution in [3.63, 3.8) is 0 Å². The number of benzene rings is 1. The molecule has 1 aromatic heterocycles. The van der Waals surface area contributed by atoms with Crippen LogP contribution in [0.5, 0.6) is 0 Å². The molecule has 1 aromatic carbocycles. The number of piperazine rings is 1. The maximum Gasteiger partial charge on any atom is 0.227 e. The van der Waals surface area contributed by atoms with E-state index < -0.39 is 0 Å². The first kappa shape index (κ1) is 16.6. The SMILES string of the molecule is CCN1CCN(c2nc(N3CCC[C@H](C)C3)c3ccccc3n2)CC1. The molecule has 2 saturated heterocycles. The summed E-state index contributed by atoms with van der Waals surface area (Å²) in [6, 6.07) is 8.47. The molecule has 0 spiro atoms. The van der Waals surface area contributed by atoms with Gasteiger partial charge < -0.3 is 14.7 Å². The first-order valence-corrected chi connectivity index (χ1v) is 9.73. The number of anilines is 2. The second-order valence-electron chi connectivity index (χ2n) is 7.48. The number of likely N-dealkylation sites (N-methyl/N-ethyl adjacent to an activating group) is 1. The molecule has 2 fully saturated rings. The van der Waals surface area contributed by atoms with Crippen LogP contribution in [0.3, 0.4) is 0 Å². The van der Waals surface area contributed by atoms with Gasteiger partial charge >= 0.3 is 0 Å². The van der Waals surface area contributed by atoms with E-state index in [0.717, 1.165) is 69.0 Å². The topological polar surface area (TPSA) is 35.5 Å². The third-order valence-corrected chi connectivity index (χ3v) is 5.63. The Morgan fingerprint density at radius 3 is 2.56 bits per heavy atom. The van der Waals surface area contributed by atoms with Crippen LogP contribution in [0.1, 0.15) is 26.7 Å². The number of fused-ring (bicyclic) bond motifs is 1. The van der Waals surface area contributed by atoms with Gasteiger partial charge in [-0.25, -0.2) is 4.98 Å². The van der Waals surface area contributed by atoms with Gasteiger partial charge in [0.05, 0.1) is 5.52 Å². The van der Waals surface area contributed by atoms with Gasteiger partial charge in [0.1, 0.15) is 5.82 Å². The van der Waals surface area contributed by atoms with Crippen LogP contribution in [0.2, 0.25) is 0 Å². The van der Waals surface area contributed by atoms with Crippen LogP contribution < -0.4 is 9.80 Å². The molecule has 2 aliphatic heterocycles. The standard InChI is InChI=1S/C20H29N5/c1-3-23-11-13-24(14-12-23)20-21-18-9-5-4-8-17(18)19(22-20)25-10-6-7-16(2)15-25/h4-5,8-9,16H,3,6-7,10-15H2,1-2H3/t16-/m0/s1. The molecule has 2 aromatic rings. The van der Waals surface area contributed by atoms with Gasteiger partial charge in [0, 0.05) is 44.7 Å². The lowest BCUT2D eigenvalue weighted by atomic mass is 10.00. The summed E-state index contributed by atoms with van der Waals surface area (Å²) in [7, 11) is 0. The molecule has 5 heteroatoms. The molecule has 4 rings (SSSR count). The molecule has 3 heterocycles. The smallest absolute Gasteiger partial charge is 0.227 e. The van der Waals surface area contributed by atoms with Crippen molar-refractivity contribution in [1.82, 2.24) is 14.9 Å². The Bertz CT molecular complexity index is 723. The molecule has 0 amide bonds. The normalized spacial score (nSPS) is 22.6.